The average molecular weight is 393 g/mol. The normalized spacial score (nSPS) is 10.3. The van der Waals surface area contributed by atoms with Crippen LogP contribution in [0.15, 0.2) is 60.7 Å². The molecule has 3 rings (SSSR count). The van der Waals surface area contributed by atoms with Gasteiger partial charge in [0.05, 0.1) is 31.5 Å². The summed E-state index contributed by atoms with van der Waals surface area (Å²) in [5.74, 6) is 1.53. The first-order valence-corrected chi connectivity index (χ1v) is 9.32. The molecule has 0 bridgehead atoms. The van der Waals surface area contributed by atoms with E-state index in [1.165, 1.54) is 0 Å². The van der Waals surface area contributed by atoms with Crippen LogP contribution in [-0.2, 0) is 0 Å². The Balaban J connectivity index is 1.49. The molecule has 0 aliphatic carbocycles. The maximum absolute atomic E-state index is 12.3. The molecule has 0 atom stereocenters. The summed E-state index contributed by atoms with van der Waals surface area (Å²) >= 11 is 0. The first kappa shape index (κ1) is 20.1. The van der Waals surface area contributed by atoms with E-state index in [2.05, 4.69) is 15.5 Å². The standard InChI is InChI=1S/C22H23N3O4/c1-3-28-20-7-5-4-6-18(20)22(26)23-14-15-29-21-13-12-19(24-25-21)16-8-10-17(27-2)11-9-16/h4-13H,3,14-15H2,1-2H3,(H,23,26). The largest absolute Gasteiger partial charge is 0.497 e. The Morgan fingerprint density at radius 1 is 0.966 bits per heavy atom. The summed E-state index contributed by atoms with van der Waals surface area (Å²) in [5.41, 5.74) is 2.17. The summed E-state index contributed by atoms with van der Waals surface area (Å²) in [5, 5.41) is 11.1. The number of hydrogen-bond donors (Lipinski definition) is 1. The van der Waals surface area contributed by atoms with Gasteiger partial charge in [0.15, 0.2) is 0 Å². The third kappa shape index (κ3) is 5.44. The van der Waals surface area contributed by atoms with Crippen molar-refractivity contribution in [1.82, 2.24) is 15.5 Å². The second-order valence-corrected chi connectivity index (χ2v) is 6.02. The summed E-state index contributed by atoms with van der Waals surface area (Å²) in [6, 6.07) is 18.3. The minimum absolute atomic E-state index is 0.210. The number of amides is 1. The van der Waals surface area contributed by atoms with Gasteiger partial charge in [0.1, 0.15) is 18.1 Å². The molecule has 1 N–H and O–H groups in total. The van der Waals surface area contributed by atoms with E-state index in [0.717, 1.165) is 17.0 Å². The van der Waals surface area contributed by atoms with Crippen LogP contribution in [0.4, 0.5) is 0 Å². The molecule has 3 aromatic rings. The maximum atomic E-state index is 12.3. The van der Waals surface area contributed by atoms with E-state index in [4.69, 9.17) is 14.2 Å². The van der Waals surface area contributed by atoms with Gasteiger partial charge < -0.3 is 19.5 Å². The molecule has 2 aromatic carbocycles. The number of hydrogen-bond acceptors (Lipinski definition) is 6. The van der Waals surface area contributed by atoms with Crippen LogP contribution in [0, 0.1) is 0 Å². The molecule has 0 radical (unpaired) electrons. The second-order valence-electron chi connectivity index (χ2n) is 6.02. The quantitative estimate of drug-likeness (QED) is 0.562. The number of para-hydroxylation sites is 1. The molecule has 7 heteroatoms. The fourth-order valence-corrected chi connectivity index (χ4v) is 2.66. The van der Waals surface area contributed by atoms with Crippen molar-refractivity contribution in [2.45, 2.75) is 6.92 Å². The molecule has 0 saturated heterocycles. The summed E-state index contributed by atoms with van der Waals surface area (Å²) in [4.78, 5) is 12.3. The first-order chi connectivity index (χ1) is 14.2. The van der Waals surface area contributed by atoms with E-state index in [0.29, 0.717) is 30.3 Å². The zero-order valence-corrected chi connectivity index (χ0v) is 16.4. The van der Waals surface area contributed by atoms with Crippen molar-refractivity contribution in [3.05, 3.63) is 66.2 Å². The molecular formula is C22H23N3O4. The summed E-state index contributed by atoms with van der Waals surface area (Å²) in [6.45, 7) is 2.99. The van der Waals surface area contributed by atoms with Crippen molar-refractivity contribution in [2.24, 2.45) is 0 Å². The minimum atomic E-state index is -0.210. The molecule has 0 saturated carbocycles. The number of carbonyl (C=O) groups excluding carboxylic acids is 1. The molecule has 0 aliphatic heterocycles. The van der Waals surface area contributed by atoms with Gasteiger partial charge in [-0.3, -0.25) is 4.79 Å². The molecule has 0 aliphatic rings. The van der Waals surface area contributed by atoms with Crippen LogP contribution < -0.4 is 19.5 Å². The third-order valence-corrected chi connectivity index (χ3v) is 4.09. The zero-order chi connectivity index (χ0) is 20.5. The van der Waals surface area contributed by atoms with Gasteiger partial charge in [0.2, 0.25) is 5.88 Å². The van der Waals surface area contributed by atoms with Crippen molar-refractivity contribution >= 4 is 5.91 Å². The van der Waals surface area contributed by atoms with Gasteiger partial charge in [-0.15, -0.1) is 10.2 Å². The van der Waals surface area contributed by atoms with E-state index in [-0.39, 0.29) is 12.5 Å². The van der Waals surface area contributed by atoms with Gasteiger partial charge in [-0.25, -0.2) is 0 Å². The zero-order valence-electron chi connectivity index (χ0n) is 16.4. The first-order valence-electron chi connectivity index (χ1n) is 9.32. The van der Waals surface area contributed by atoms with Crippen molar-refractivity contribution in [3.63, 3.8) is 0 Å². The van der Waals surface area contributed by atoms with Crippen LogP contribution in [0.1, 0.15) is 17.3 Å². The SMILES string of the molecule is CCOc1ccccc1C(=O)NCCOc1ccc(-c2ccc(OC)cc2)nn1. The molecule has 0 spiro atoms. The van der Waals surface area contributed by atoms with Crippen molar-refractivity contribution in [2.75, 3.05) is 26.9 Å². The molecule has 1 amide bonds. The lowest BCUT2D eigenvalue weighted by Crippen LogP contribution is -2.28. The smallest absolute Gasteiger partial charge is 0.255 e. The van der Waals surface area contributed by atoms with Crippen LogP contribution in [-0.4, -0.2) is 43.0 Å². The van der Waals surface area contributed by atoms with Gasteiger partial charge in [-0.1, -0.05) is 12.1 Å². The Bertz CT molecular complexity index is 928. The highest BCUT2D eigenvalue weighted by molar-refractivity contribution is 5.96. The molecule has 0 fully saturated rings. The number of carbonyl (C=O) groups is 1. The van der Waals surface area contributed by atoms with Crippen LogP contribution >= 0.6 is 0 Å². The van der Waals surface area contributed by atoms with E-state index < -0.39 is 0 Å². The lowest BCUT2D eigenvalue weighted by Gasteiger charge is -2.10. The number of methoxy groups -OCH3 is 1. The maximum Gasteiger partial charge on any atom is 0.255 e. The van der Waals surface area contributed by atoms with Gasteiger partial charge in [-0.05, 0) is 49.4 Å². The fraction of sp³-hybridized carbons (Fsp3) is 0.227. The van der Waals surface area contributed by atoms with E-state index in [1.54, 1.807) is 31.4 Å². The number of ether oxygens (including phenoxy) is 3. The number of rotatable bonds is 9. The number of aromatic nitrogens is 2. The molecule has 150 valence electrons. The average Bonchev–Trinajstić information content (AvgIpc) is 2.78. The molecule has 7 nitrogen and oxygen atoms in total. The Labute approximate surface area is 169 Å². The van der Waals surface area contributed by atoms with Crippen molar-refractivity contribution in [3.8, 4) is 28.6 Å². The van der Waals surface area contributed by atoms with Crippen LogP contribution in [0.3, 0.4) is 0 Å². The Kier molecular flexibility index (Phi) is 7.00. The summed E-state index contributed by atoms with van der Waals surface area (Å²) in [6.07, 6.45) is 0. The summed E-state index contributed by atoms with van der Waals surface area (Å²) < 4.78 is 16.2. The molecular weight excluding hydrogens is 370 g/mol. The highest BCUT2D eigenvalue weighted by atomic mass is 16.5. The summed E-state index contributed by atoms with van der Waals surface area (Å²) in [7, 11) is 1.63. The second kappa shape index (κ2) is 10.1. The molecule has 1 heterocycles. The van der Waals surface area contributed by atoms with E-state index in [1.807, 2.05) is 43.3 Å². The van der Waals surface area contributed by atoms with Gasteiger partial charge in [-0.2, -0.15) is 0 Å². The molecule has 0 unspecified atom stereocenters. The van der Waals surface area contributed by atoms with Crippen LogP contribution in [0.2, 0.25) is 0 Å². The highest BCUT2D eigenvalue weighted by Gasteiger charge is 2.11. The Morgan fingerprint density at radius 2 is 1.76 bits per heavy atom. The van der Waals surface area contributed by atoms with Gasteiger partial charge >= 0.3 is 0 Å². The number of benzene rings is 2. The predicted octanol–water partition coefficient (Wildman–Crippen LogP) is 3.36. The molecule has 29 heavy (non-hydrogen) atoms. The lowest BCUT2D eigenvalue weighted by atomic mass is 10.1. The lowest BCUT2D eigenvalue weighted by molar-refractivity contribution is 0.0942. The van der Waals surface area contributed by atoms with Gasteiger partial charge in [0.25, 0.3) is 5.91 Å². The predicted molar refractivity (Wildman–Crippen MR) is 109 cm³/mol. The van der Waals surface area contributed by atoms with Crippen molar-refractivity contribution < 1.29 is 19.0 Å². The fourth-order valence-electron chi connectivity index (χ4n) is 2.66. The highest BCUT2D eigenvalue weighted by Crippen LogP contribution is 2.21. The topological polar surface area (TPSA) is 82.6 Å². The van der Waals surface area contributed by atoms with Gasteiger partial charge in [0, 0.05) is 11.6 Å². The van der Waals surface area contributed by atoms with Crippen LogP contribution in [0.5, 0.6) is 17.4 Å². The molecule has 1 aromatic heterocycles. The monoisotopic (exact) mass is 393 g/mol. The Morgan fingerprint density at radius 3 is 2.45 bits per heavy atom. The number of nitrogens with zero attached hydrogens (tertiary/aromatic N) is 2. The van der Waals surface area contributed by atoms with Crippen molar-refractivity contribution in [1.29, 1.82) is 0 Å². The van der Waals surface area contributed by atoms with E-state index >= 15 is 0 Å². The Hall–Kier alpha value is -3.61. The minimum Gasteiger partial charge on any atom is -0.497 e. The van der Waals surface area contributed by atoms with Crippen LogP contribution in [0.25, 0.3) is 11.3 Å². The number of nitrogens with one attached hydrogen (secondary N) is 1. The third-order valence-electron chi connectivity index (χ3n) is 4.09. The van der Waals surface area contributed by atoms with E-state index in [9.17, 15) is 4.79 Å².